The first kappa shape index (κ1) is 20.1. The second-order valence-corrected chi connectivity index (χ2v) is 9.78. The molecule has 0 spiro atoms. The summed E-state index contributed by atoms with van der Waals surface area (Å²) in [5.74, 6) is 1.46. The Morgan fingerprint density at radius 1 is 1.06 bits per heavy atom. The summed E-state index contributed by atoms with van der Waals surface area (Å²) >= 11 is 6.41. The number of halogens is 1. The number of fused-ring (bicyclic) bond motifs is 3. The highest BCUT2D eigenvalue weighted by Gasteiger charge is 2.43. The molecular formula is C26H21ClN4O2. The molecule has 7 heteroatoms. The van der Waals surface area contributed by atoms with E-state index in [1.54, 1.807) is 10.8 Å². The topological polar surface area (TPSA) is 69.4 Å². The lowest BCUT2D eigenvalue weighted by Crippen LogP contribution is -2.33. The molecule has 164 valence electrons. The van der Waals surface area contributed by atoms with Crippen molar-refractivity contribution in [3.05, 3.63) is 88.4 Å². The van der Waals surface area contributed by atoms with Crippen molar-refractivity contribution < 1.29 is 9.53 Å². The molecule has 0 N–H and O–H groups in total. The number of allylic oxidation sites excluding steroid dienone is 2. The van der Waals surface area contributed by atoms with E-state index in [4.69, 9.17) is 21.3 Å². The number of hydrogen-bond acceptors (Lipinski definition) is 5. The fourth-order valence-corrected chi connectivity index (χ4v) is 5.10. The molecule has 2 aliphatic rings. The largest absolute Gasteiger partial charge is 0.442 e. The van der Waals surface area contributed by atoms with E-state index in [0.29, 0.717) is 46.5 Å². The molecule has 0 fully saturated rings. The number of hydrogen-bond donors (Lipinski definition) is 0. The zero-order valence-corrected chi connectivity index (χ0v) is 19.0. The van der Waals surface area contributed by atoms with Crippen LogP contribution < -0.4 is 4.74 Å². The third kappa shape index (κ3) is 3.25. The van der Waals surface area contributed by atoms with E-state index in [1.165, 1.54) is 0 Å². The summed E-state index contributed by atoms with van der Waals surface area (Å²) < 4.78 is 7.92. The van der Waals surface area contributed by atoms with Crippen LogP contribution in [0.4, 0.5) is 0 Å². The minimum Gasteiger partial charge on any atom is -0.442 e. The maximum Gasteiger partial charge on any atom is 0.228 e. The average molecular weight is 457 g/mol. The summed E-state index contributed by atoms with van der Waals surface area (Å²) in [7, 11) is 0. The monoisotopic (exact) mass is 456 g/mol. The van der Waals surface area contributed by atoms with Gasteiger partial charge in [0, 0.05) is 29.9 Å². The number of carbonyl (C=O) groups is 1. The lowest BCUT2D eigenvalue weighted by Gasteiger charge is -2.37. The summed E-state index contributed by atoms with van der Waals surface area (Å²) in [5.41, 5.74) is 3.63. The molecule has 2 aromatic heterocycles. The number of ether oxygens (including phenoxy) is 1. The first-order chi connectivity index (χ1) is 15.9. The van der Waals surface area contributed by atoms with Gasteiger partial charge in [0.1, 0.15) is 12.1 Å². The molecule has 3 heterocycles. The molecular weight excluding hydrogens is 436 g/mol. The van der Waals surface area contributed by atoms with Gasteiger partial charge in [-0.2, -0.15) is 0 Å². The number of Topliss-reactive ketones (excluding diaryl/α,β-unsaturated/α-hetero) is 1. The number of rotatable bonds is 2. The molecule has 1 aliphatic carbocycles. The molecule has 6 rings (SSSR count). The molecule has 1 aliphatic heterocycles. The van der Waals surface area contributed by atoms with Crippen molar-refractivity contribution in [1.29, 1.82) is 0 Å². The van der Waals surface area contributed by atoms with Crippen LogP contribution in [-0.2, 0) is 4.79 Å². The summed E-state index contributed by atoms with van der Waals surface area (Å²) in [5, 5.41) is 5.20. The van der Waals surface area contributed by atoms with Crippen LogP contribution in [0.5, 0.6) is 5.88 Å². The van der Waals surface area contributed by atoms with Gasteiger partial charge in [-0.1, -0.05) is 67.9 Å². The van der Waals surface area contributed by atoms with Gasteiger partial charge in [-0.15, -0.1) is 5.10 Å². The lowest BCUT2D eigenvalue weighted by atomic mass is 9.70. The Kier molecular flexibility index (Phi) is 4.42. The van der Waals surface area contributed by atoms with E-state index in [0.717, 1.165) is 16.7 Å². The number of carbonyl (C=O) groups excluding carboxylic acids is 1. The highest BCUT2D eigenvalue weighted by molar-refractivity contribution is 6.33. The molecule has 0 bridgehead atoms. The quantitative estimate of drug-likeness (QED) is 0.392. The third-order valence-electron chi connectivity index (χ3n) is 6.31. The van der Waals surface area contributed by atoms with Crippen molar-refractivity contribution in [2.75, 3.05) is 0 Å². The zero-order valence-electron chi connectivity index (χ0n) is 18.2. The lowest BCUT2D eigenvalue weighted by molar-refractivity contribution is -0.118. The van der Waals surface area contributed by atoms with Gasteiger partial charge in [-0.25, -0.2) is 14.5 Å². The van der Waals surface area contributed by atoms with Gasteiger partial charge < -0.3 is 4.74 Å². The van der Waals surface area contributed by atoms with Crippen molar-refractivity contribution in [1.82, 2.24) is 19.6 Å². The fraction of sp³-hybridized carbons (Fsp3) is 0.231. The highest BCUT2D eigenvalue weighted by Crippen LogP contribution is 2.50. The first-order valence-corrected chi connectivity index (χ1v) is 11.3. The van der Waals surface area contributed by atoms with Crippen LogP contribution in [0.1, 0.15) is 43.7 Å². The summed E-state index contributed by atoms with van der Waals surface area (Å²) in [6.45, 7) is 4.19. The van der Waals surface area contributed by atoms with E-state index in [2.05, 4.69) is 23.9 Å². The van der Waals surface area contributed by atoms with Crippen molar-refractivity contribution in [3.8, 4) is 17.3 Å². The third-order valence-corrected chi connectivity index (χ3v) is 6.64. The van der Waals surface area contributed by atoms with E-state index in [1.807, 2.05) is 54.6 Å². The second-order valence-electron chi connectivity index (χ2n) is 9.37. The van der Waals surface area contributed by atoms with Crippen molar-refractivity contribution in [3.63, 3.8) is 0 Å². The number of ketones is 1. The van der Waals surface area contributed by atoms with Crippen LogP contribution in [0.3, 0.4) is 0 Å². The molecule has 0 amide bonds. The van der Waals surface area contributed by atoms with E-state index in [-0.39, 0.29) is 17.1 Å². The Morgan fingerprint density at radius 2 is 1.82 bits per heavy atom. The first-order valence-electron chi connectivity index (χ1n) is 10.9. The molecule has 0 saturated carbocycles. The molecule has 33 heavy (non-hydrogen) atoms. The van der Waals surface area contributed by atoms with Gasteiger partial charge in [-0.05, 0) is 23.1 Å². The Hall–Kier alpha value is -3.51. The standard InChI is InChI=1S/C26H21ClN4O2/c1-26(2)12-18(32)21-19(13-26)33-25-22(20(21)15-8-4-3-5-9-15)24-29-23(30-31(24)14-28-25)16-10-6-7-11-17(16)27/h3-11,14,20H,12-13H2,1-2H3. The Morgan fingerprint density at radius 3 is 2.61 bits per heavy atom. The maximum atomic E-state index is 13.4. The molecule has 0 saturated heterocycles. The Balaban J connectivity index is 1.61. The highest BCUT2D eigenvalue weighted by atomic mass is 35.5. The number of aromatic nitrogens is 4. The molecule has 6 nitrogen and oxygen atoms in total. The van der Waals surface area contributed by atoms with Crippen LogP contribution in [0, 0.1) is 5.41 Å². The summed E-state index contributed by atoms with van der Waals surface area (Å²) in [4.78, 5) is 22.8. The Labute approximate surface area is 195 Å². The zero-order chi connectivity index (χ0) is 22.7. The minimum atomic E-state index is -0.326. The van der Waals surface area contributed by atoms with E-state index in [9.17, 15) is 4.79 Å². The number of nitrogens with zero attached hydrogens (tertiary/aromatic N) is 4. The van der Waals surface area contributed by atoms with Crippen molar-refractivity contribution in [2.45, 2.75) is 32.6 Å². The maximum absolute atomic E-state index is 13.4. The van der Waals surface area contributed by atoms with Gasteiger partial charge in [0.05, 0.1) is 10.6 Å². The summed E-state index contributed by atoms with van der Waals surface area (Å²) in [6.07, 6.45) is 2.76. The van der Waals surface area contributed by atoms with Crippen molar-refractivity contribution in [2.24, 2.45) is 5.41 Å². The molecule has 1 unspecified atom stereocenters. The van der Waals surface area contributed by atoms with Crippen LogP contribution in [0.15, 0.2) is 72.3 Å². The van der Waals surface area contributed by atoms with Crippen molar-refractivity contribution >= 4 is 23.0 Å². The SMILES string of the molecule is CC1(C)CC(=O)C2=C(C1)Oc1ncn3nc(-c4ccccc4Cl)nc3c1C2c1ccccc1. The predicted octanol–water partition coefficient (Wildman–Crippen LogP) is 5.61. The Bertz CT molecular complexity index is 1460. The van der Waals surface area contributed by atoms with E-state index >= 15 is 0 Å². The fourth-order valence-electron chi connectivity index (χ4n) is 4.88. The summed E-state index contributed by atoms with van der Waals surface area (Å²) in [6, 6.07) is 17.5. The average Bonchev–Trinajstić information content (AvgIpc) is 3.22. The van der Waals surface area contributed by atoms with Crippen LogP contribution >= 0.6 is 11.6 Å². The van der Waals surface area contributed by atoms with Gasteiger partial charge in [0.2, 0.25) is 5.88 Å². The predicted molar refractivity (Wildman–Crippen MR) is 125 cm³/mol. The van der Waals surface area contributed by atoms with Crippen LogP contribution in [-0.4, -0.2) is 25.4 Å². The number of benzene rings is 2. The molecule has 1 atom stereocenters. The van der Waals surface area contributed by atoms with Gasteiger partial charge in [-0.3, -0.25) is 4.79 Å². The van der Waals surface area contributed by atoms with Gasteiger partial charge in [0.25, 0.3) is 0 Å². The van der Waals surface area contributed by atoms with Crippen LogP contribution in [0.2, 0.25) is 5.02 Å². The smallest absolute Gasteiger partial charge is 0.228 e. The van der Waals surface area contributed by atoms with E-state index < -0.39 is 0 Å². The second kappa shape index (κ2) is 7.25. The molecule has 2 aromatic carbocycles. The normalized spacial score (nSPS) is 19.2. The van der Waals surface area contributed by atoms with Crippen LogP contribution in [0.25, 0.3) is 17.0 Å². The van der Waals surface area contributed by atoms with Gasteiger partial charge >= 0.3 is 0 Å². The molecule has 0 radical (unpaired) electrons. The molecule has 4 aromatic rings. The minimum absolute atomic E-state index is 0.105. The van der Waals surface area contributed by atoms with Gasteiger partial charge in [0.15, 0.2) is 17.3 Å².